The monoisotopic (exact) mass is 170 g/mol. The fourth-order valence-electron chi connectivity index (χ4n) is 0.0552. The van der Waals surface area contributed by atoms with Gasteiger partial charge < -0.3 is 11.1 Å². The van der Waals surface area contributed by atoms with Crippen molar-refractivity contribution in [3.63, 3.8) is 0 Å². The zero-order valence-electron chi connectivity index (χ0n) is 5.67. The van der Waals surface area contributed by atoms with Crippen molar-refractivity contribution in [2.45, 2.75) is 5.25 Å². The second-order valence-electron chi connectivity index (χ2n) is 1.04. The Labute approximate surface area is 76.5 Å². The topological polar surface area (TPSA) is 57.5 Å². The van der Waals surface area contributed by atoms with Crippen LogP contribution in [0, 0.1) is 0 Å². The summed E-state index contributed by atoms with van der Waals surface area (Å²) in [5, 5.41) is 3.79. The molecule has 3 nitrogen and oxygen atoms in total. The molecule has 0 rings (SSSR count). The molecule has 0 aromatic heterocycles. The average molecular weight is 170 g/mol. The van der Waals surface area contributed by atoms with Gasteiger partial charge in [-0.25, -0.2) is 4.21 Å². The van der Waals surface area contributed by atoms with Crippen molar-refractivity contribution in [3.8, 4) is 0 Å². The van der Waals surface area contributed by atoms with Gasteiger partial charge in [-0.2, -0.15) is 8.78 Å². The Kier molecular flexibility index (Phi) is 6.58. The Balaban J connectivity index is -0.000000245. The molecule has 1 atom stereocenters. The third kappa shape index (κ3) is 4.35. The van der Waals surface area contributed by atoms with Crippen LogP contribution in [-0.2, 0) is 11.1 Å². The zero-order valence-corrected chi connectivity index (χ0v) is 7.49. The van der Waals surface area contributed by atoms with Crippen LogP contribution in [0.15, 0.2) is 0 Å². The largest absolute Gasteiger partial charge is 1.00 e. The van der Waals surface area contributed by atoms with Gasteiger partial charge in [0.05, 0.1) is 0 Å². The van der Waals surface area contributed by atoms with Gasteiger partial charge in [-0.05, 0) is 0 Å². The maximum atomic E-state index is 11.5. The summed E-state index contributed by atoms with van der Waals surface area (Å²) >= 11 is -3.26. The van der Waals surface area contributed by atoms with Crippen LogP contribution < -0.4 is 29.6 Å². The van der Waals surface area contributed by atoms with Gasteiger partial charge in [-0.1, -0.05) is 0 Å². The van der Waals surface area contributed by atoms with Gasteiger partial charge in [-0.3, -0.25) is 0 Å². The molecular formula is C2H5F2NaO3S. The number of hydrogen-bond acceptors (Lipinski definition) is 2. The fraction of sp³-hybridized carbons (Fsp3) is 1.00. The molecule has 1 unspecified atom stereocenters. The van der Waals surface area contributed by atoms with Crippen molar-refractivity contribution < 1.29 is 53.6 Å². The number of aliphatic hydroxyl groups is 1. The van der Waals surface area contributed by atoms with Crippen LogP contribution in [0.4, 0.5) is 8.78 Å². The molecule has 7 heteroatoms. The van der Waals surface area contributed by atoms with E-state index in [1.807, 2.05) is 0 Å². The maximum Gasteiger partial charge on any atom is 1.00 e. The normalized spacial score (nSPS) is 14.2. The molecule has 9 heavy (non-hydrogen) atoms. The summed E-state index contributed by atoms with van der Waals surface area (Å²) in [6.07, 6.45) is 0. The standard InChI is InChI=1S/C2H4F2O3S.Na.H/c3-2(4,1-5)8(6)7;;/h5H,1H2,(H,6,7);;/q;+1;-1. The molecule has 0 aliphatic heterocycles. The second-order valence-corrected chi connectivity index (χ2v) is 2.14. The molecule has 2 N–H and O–H groups in total. The molecule has 0 radical (unpaired) electrons. The third-order valence-electron chi connectivity index (χ3n) is 0.440. The fourth-order valence-corrected chi connectivity index (χ4v) is 0.166. The number of alkyl halides is 2. The number of aliphatic hydroxyl groups excluding tert-OH is 1. The molecular weight excluding hydrogens is 165 g/mol. The van der Waals surface area contributed by atoms with Crippen LogP contribution in [0.3, 0.4) is 0 Å². The van der Waals surface area contributed by atoms with E-state index in [-0.39, 0.29) is 31.0 Å². The molecule has 0 fully saturated rings. The summed E-state index contributed by atoms with van der Waals surface area (Å²) in [5.74, 6) is 0. The summed E-state index contributed by atoms with van der Waals surface area (Å²) in [5.41, 5.74) is 0. The van der Waals surface area contributed by atoms with Crippen molar-refractivity contribution in [2.24, 2.45) is 0 Å². The van der Waals surface area contributed by atoms with E-state index >= 15 is 0 Å². The molecule has 0 aliphatic carbocycles. The van der Waals surface area contributed by atoms with Gasteiger partial charge in [0, 0.05) is 0 Å². The van der Waals surface area contributed by atoms with Crippen LogP contribution in [-0.4, -0.2) is 25.7 Å². The first-order chi connectivity index (χ1) is 3.50. The molecule has 0 saturated heterocycles. The van der Waals surface area contributed by atoms with E-state index in [9.17, 15) is 13.0 Å². The summed E-state index contributed by atoms with van der Waals surface area (Å²) in [4.78, 5) is 0. The van der Waals surface area contributed by atoms with E-state index < -0.39 is 22.9 Å². The minimum absolute atomic E-state index is 0. The van der Waals surface area contributed by atoms with Gasteiger partial charge in [0.2, 0.25) is 11.1 Å². The SMILES string of the molecule is O=S(O)C(F)(F)CO.[H-].[Na+]. The van der Waals surface area contributed by atoms with E-state index in [0.29, 0.717) is 0 Å². The van der Waals surface area contributed by atoms with Gasteiger partial charge >= 0.3 is 34.8 Å². The van der Waals surface area contributed by atoms with Crippen LogP contribution in [0.5, 0.6) is 0 Å². The first-order valence-electron chi connectivity index (χ1n) is 1.60. The summed E-state index contributed by atoms with van der Waals surface area (Å²) in [6.45, 7) is -1.60. The van der Waals surface area contributed by atoms with E-state index in [1.165, 1.54) is 0 Å². The Bertz CT molecular complexity index is 113. The van der Waals surface area contributed by atoms with E-state index in [4.69, 9.17) is 9.66 Å². The molecule has 0 aromatic rings. The molecule has 0 saturated carbocycles. The van der Waals surface area contributed by atoms with Crippen LogP contribution in [0.1, 0.15) is 1.43 Å². The van der Waals surface area contributed by atoms with Crippen LogP contribution in [0.25, 0.3) is 0 Å². The molecule has 0 bridgehead atoms. The predicted molar refractivity (Wildman–Crippen MR) is 23.9 cm³/mol. The first-order valence-corrected chi connectivity index (χ1v) is 2.71. The minimum atomic E-state index is -3.88. The quantitative estimate of drug-likeness (QED) is 0.341. The Morgan fingerprint density at radius 3 is 2.00 bits per heavy atom. The predicted octanol–water partition coefficient (Wildman–Crippen LogP) is -3.09. The molecule has 0 heterocycles. The molecule has 52 valence electrons. The molecule has 0 aromatic carbocycles. The summed E-state index contributed by atoms with van der Waals surface area (Å²) in [6, 6.07) is 0. The summed E-state index contributed by atoms with van der Waals surface area (Å²) < 4.78 is 40.0. The van der Waals surface area contributed by atoms with Crippen molar-refractivity contribution >= 4 is 11.1 Å². The summed E-state index contributed by atoms with van der Waals surface area (Å²) in [7, 11) is 0. The Morgan fingerprint density at radius 1 is 1.67 bits per heavy atom. The minimum Gasteiger partial charge on any atom is -1.00 e. The smallest absolute Gasteiger partial charge is 1.00 e. The van der Waals surface area contributed by atoms with Gasteiger partial charge in [0.15, 0.2) is 0 Å². The van der Waals surface area contributed by atoms with Crippen molar-refractivity contribution in [3.05, 3.63) is 0 Å². The maximum absolute atomic E-state index is 11.5. The van der Waals surface area contributed by atoms with E-state index in [1.54, 1.807) is 0 Å². The van der Waals surface area contributed by atoms with Crippen molar-refractivity contribution in [1.82, 2.24) is 0 Å². The average Bonchev–Trinajstić information content (AvgIpc) is 1.67. The number of halogens is 2. The van der Waals surface area contributed by atoms with Gasteiger partial charge in [-0.15, -0.1) is 0 Å². The van der Waals surface area contributed by atoms with Crippen LogP contribution >= 0.6 is 0 Å². The first kappa shape index (κ1) is 12.6. The zero-order chi connectivity index (χ0) is 6.78. The van der Waals surface area contributed by atoms with Crippen molar-refractivity contribution in [1.29, 1.82) is 0 Å². The van der Waals surface area contributed by atoms with E-state index in [0.717, 1.165) is 0 Å². The molecule has 0 aliphatic rings. The Morgan fingerprint density at radius 2 is 2.00 bits per heavy atom. The third-order valence-corrected chi connectivity index (χ3v) is 1.08. The number of rotatable bonds is 2. The number of hydrogen-bond donors (Lipinski definition) is 2. The second kappa shape index (κ2) is 4.70. The molecule has 0 amide bonds. The van der Waals surface area contributed by atoms with Crippen LogP contribution in [0.2, 0.25) is 0 Å². The van der Waals surface area contributed by atoms with Gasteiger partial charge in [0.25, 0.3) is 0 Å². The molecule has 0 spiro atoms. The van der Waals surface area contributed by atoms with Gasteiger partial charge in [0.1, 0.15) is 6.61 Å². The Hall–Kier alpha value is 0.930. The van der Waals surface area contributed by atoms with Crippen molar-refractivity contribution in [2.75, 3.05) is 6.61 Å². The van der Waals surface area contributed by atoms with E-state index in [2.05, 4.69) is 0 Å².